The first-order valence-electron chi connectivity index (χ1n) is 8.97. The molecule has 7 heteroatoms. The topological polar surface area (TPSA) is 79.5 Å². The average Bonchev–Trinajstić information content (AvgIpc) is 3.11. The summed E-state index contributed by atoms with van der Waals surface area (Å²) in [5, 5.41) is 9.10. The SMILES string of the molecule is COc1ccc(CNC(=O)Nc2ccc(CNC3CCS(=O)C3)cc2)cc1. The number of hydrogen-bond acceptors (Lipinski definition) is 4. The van der Waals surface area contributed by atoms with Crippen LogP contribution in [0, 0.1) is 0 Å². The Kier molecular flexibility index (Phi) is 6.84. The minimum absolute atomic E-state index is 0.245. The van der Waals surface area contributed by atoms with Crippen LogP contribution in [-0.4, -0.2) is 34.9 Å². The van der Waals surface area contributed by atoms with Gasteiger partial charge in [0.05, 0.1) is 7.11 Å². The van der Waals surface area contributed by atoms with Crippen LogP contribution in [-0.2, 0) is 23.9 Å². The predicted octanol–water partition coefficient (Wildman–Crippen LogP) is 2.63. The van der Waals surface area contributed by atoms with Crippen molar-refractivity contribution < 1.29 is 13.7 Å². The Balaban J connectivity index is 1.41. The summed E-state index contributed by atoms with van der Waals surface area (Å²) in [6.45, 7) is 1.19. The Morgan fingerprint density at radius 2 is 1.74 bits per heavy atom. The molecule has 0 bridgehead atoms. The predicted molar refractivity (Wildman–Crippen MR) is 108 cm³/mol. The molecule has 1 saturated heterocycles. The van der Waals surface area contributed by atoms with E-state index < -0.39 is 10.8 Å². The summed E-state index contributed by atoms with van der Waals surface area (Å²) in [4.78, 5) is 12.0. The lowest BCUT2D eigenvalue weighted by Crippen LogP contribution is -2.29. The fraction of sp³-hybridized carbons (Fsp3) is 0.350. The second-order valence-electron chi connectivity index (χ2n) is 6.53. The second kappa shape index (κ2) is 9.53. The Morgan fingerprint density at radius 3 is 2.37 bits per heavy atom. The first kappa shape index (κ1) is 19.4. The molecule has 1 heterocycles. The molecule has 6 nitrogen and oxygen atoms in total. The van der Waals surface area contributed by atoms with Crippen molar-refractivity contribution in [3.8, 4) is 5.75 Å². The molecular formula is C20H25N3O3S. The molecule has 2 atom stereocenters. The molecule has 2 amide bonds. The number of hydrogen-bond donors (Lipinski definition) is 3. The number of urea groups is 1. The number of carbonyl (C=O) groups excluding carboxylic acids is 1. The van der Waals surface area contributed by atoms with E-state index in [0.29, 0.717) is 12.6 Å². The molecule has 3 rings (SSSR count). The Hall–Kier alpha value is -2.38. The lowest BCUT2D eigenvalue weighted by Gasteiger charge is -2.12. The van der Waals surface area contributed by atoms with Gasteiger partial charge in [-0.05, 0) is 41.8 Å². The normalized spacial score (nSPS) is 18.9. The molecule has 1 aliphatic rings. The molecule has 0 saturated carbocycles. The van der Waals surface area contributed by atoms with Crippen molar-refractivity contribution >= 4 is 22.5 Å². The highest BCUT2D eigenvalue weighted by Gasteiger charge is 2.19. The molecule has 2 unspecified atom stereocenters. The maximum atomic E-state index is 12.0. The molecule has 0 aliphatic carbocycles. The molecule has 0 radical (unpaired) electrons. The van der Waals surface area contributed by atoms with E-state index in [-0.39, 0.29) is 6.03 Å². The van der Waals surface area contributed by atoms with E-state index >= 15 is 0 Å². The maximum absolute atomic E-state index is 12.0. The van der Waals surface area contributed by atoms with Gasteiger partial charge in [0.1, 0.15) is 5.75 Å². The zero-order chi connectivity index (χ0) is 19.1. The largest absolute Gasteiger partial charge is 0.497 e. The average molecular weight is 388 g/mol. The summed E-state index contributed by atoms with van der Waals surface area (Å²) < 4.78 is 16.5. The summed E-state index contributed by atoms with van der Waals surface area (Å²) in [5.74, 6) is 2.33. The minimum atomic E-state index is -0.662. The first-order chi connectivity index (χ1) is 13.1. The standard InChI is InChI=1S/C20H25N3O3S/c1-26-19-8-4-16(5-9-19)13-22-20(24)23-17-6-2-15(3-7-17)12-21-18-10-11-27(25)14-18/h2-9,18,21H,10-14H2,1H3,(H2,22,23,24). The molecule has 144 valence electrons. The van der Waals surface area contributed by atoms with Gasteiger partial charge in [-0.1, -0.05) is 24.3 Å². The second-order valence-corrected chi connectivity index (χ2v) is 8.15. The lowest BCUT2D eigenvalue weighted by atomic mass is 10.2. The zero-order valence-corrected chi connectivity index (χ0v) is 16.2. The van der Waals surface area contributed by atoms with Crippen LogP contribution < -0.4 is 20.7 Å². The molecule has 0 aromatic heterocycles. The van der Waals surface area contributed by atoms with Crippen molar-refractivity contribution in [3.63, 3.8) is 0 Å². The molecule has 1 aliphatic heterocycles. The van der Waals surface area contributed by atoms with E-state index in [1.807, 2.05) is 48.5 Å². The molecular weight excluding hydrogens is 362 g/mol. The van der Waals surface area contributed by atoms with Crippen molar-refractivity contribution in [1.29, 1.82) is 0 Å². The van der Waals surface area contributed by atoms with Crippen LogP contribution in [0.4, 0.5) is 10.5 Å². The van der Waals surface area contributed by atoms with Gasteiger partial charge >= 0.3 is 6.03 Å². The summed E-state index contributed by atoms with van der Waals surface area (Å²) >= 11 is 0. The van der Waals surface area contributed by atoms with Gasteiger partial charge in [-0.2, -0.15) is 0 Å². The number of benzene rings is 2. The van der Waals surface area contributed by atoms with Gasteiger partial charge in [0.25, 0.3) is 0 Å². The van der Waals surface area contributed by atoms with Gasteiger partial charge < -0.3 is 20.7 Å². The van der Waals surface area contributed by atoms with Crippen LogP contribution in [0.2, 0.25) is 0 Å². The summed E-state index contributed by atoms with van der Waals surface area (Å²) in [7, 11) is 0.962. The van der Waals surface area contributed by atoms with E-state index in [2.05, 4.69) is 16.0 Å². The van der Waals surface area contributed by atoms with Gasteiger partial charge in [0, 0.05) is 47.1 Å². The Bertz CT molecular complexity index is 778. The Morgan fingerprint density at radius 1 is 1.07 bits per heavy atom. The van der Waals surface area contributed by atoms with Gasteiger partial charge in [0.15, 0.2) is 0 Å². The zero-order valence-electron chi connectivity index (χ0n) is 15.4. The summed E-state index contributed by atoms with van der Waals surface area (Å²) in [6, 6.07) is 15.4. The number of methoxy groups -OCH3 is 1. The van der Waals surface area contributed by atoms with Crippen LogP contribution in [0.1, 0.15) is 17.5 Å². The molecule has 1 fully saturated rings. The minimum Gasteiger partial charge on any atom is -0.497 e. The maximum Gasteiger partial charge on any atom is 0.319 e. The lowest BCUT2D eigenvalue weighted by molar-refractivity contribution is 0.251. The van der Waals surface area contributed by atoms with Crippen LogP contribution in [0.5, 0.6) is 5.75 Å². The van der Waals surface area contributed by atoms with E-state index in [1.165, 1.54) is 0 Å². The van der Waals surface area contributed by atoms with E-state index in [1.54, 1.807) is 7.11 Å². The highest BCUT2D eigenvalue weighted by molar-refractivity contribution is 7.85. The van der Waals surface area contributed by atoms with Crippen LogP contribution >= 0.6 is 0 Å². The third-order valence-electron chi connectivity index (χ3n) is 4.50. The van der Waals surface area contributed by atoms with E-state index in [0.717, 1.165) is 47.0 Å². The van der Waals surface area contributed by atoms with E-state index in [4.69, 9.17) is 4.74 Å². The number of amides is 2. The third-order valence-corrected chi connectivity index (χ3v) is 5.97. The highest BCUT2D eigenvalue weighted by Crippen LogP contribution is 2.13. The van der Waals surface area contributed by atoms with Crippen molar-refractivity contribution in [2.24, 2.45) is 0 Å². The number of rotatable bonds is 7. The number of anilines is 1. The highest BCUT2D eigenvalue weighted by atomic mass is 32.2. The number of carbonyl (C=O) groups is 1. The quantitative estimate of drug-likeness (QED) is 0.682. The molecule has 2 aromatic carbocycles. The fourth-order valence-electron chi connectivity index (χ4n) is 2.89. The Labute approximate surface area is 162 Å². The van der Waals surface area contributed by atoms with Crippen molar-refractivity contribution in [2.75, 3.05) is 23.9 Å². The first-order valence-corrected chi connectivity index (χ1v) is 10.5. The summed E-state index contributed by atoms with van der Waals surface area (Å²) in [5.41, 5.74) is 2.88. The summed E-state index contributed by atoms with van der Waals surface area (Å²) in [6.07, 6.45) is 0.973. The van der Waals surface area contributed by atoms with Crippen molar-refractivity contribution in [3.05, 3.63) is 59.7 Å². The van der Waals surface area contributed by atoms with Gasteiger partial charge in [-0.3, -0.25) is 4.21 Å². The molecule has 2 aromatic rings. The molecule has 0 spiro atoms. The van der Waals surface area contributed by atoms with Gasteiger partial charge in [-0.15, -0.1) is 0 Å². The number of nitrogens with one attached hydrogen (secondary N) is 3. The van der Waals surface area contributed by atoms with E-state index in [9.17, 15) is 9.00 Å². The molecule has 27 heavy (non-hydrogen) atoms. The number of ether oxygens (including phenoxy) is 1. The van der Waals surface area contributed by atoms with Crippen molar-refractivity contribution in [1.82, 2.24) is 10.6 Å². The fourth-order valence-corrected chi connectivity index (χ4v) is 4.34. The smallest absolute Gasteiger partial charge is 0.319 e. The van der Waals surface area contributed by atoms with Crippen LogP contribution in [0.15, 0.2) is 48.5 Å². The van der Waals surface area contributed by atoms with Crippen LogP contribution in [0.3, 0.4) is 0 Å². The van der Waals surface area contributed by atoms with Crippen LogP contribution in [0.25, 0.3) is 0 Å². The van der Waals surface area contributed by atoms with Gasteiger partial charge in [-0.25, -0.2) is 4.79 Å². The van der Waals surface area contributed by atoms with Gasteiger partial charge in [0.2, 0.25) is 0 Å². The van der Waals surface area contributed by atoms with Crippen molar-refractivity contribution in [2.45, 2.75) is 25.6 Å². The monoisotopic (exact) mass is 387 g/mol. The third kappa shape index (κ3) is 6.08. The molecule has 3 N–H and O–H groups in total.